The van der Waals surface area contributed by atoms with Crippen LogP contribution in [0.1, 0.15) is 0 Å². The van der Waals surface area contributed by atoms with Crippen LogP contribution >= 0.6 is 0 Å². The minimum Gasteiger partial charge on any atom is -0.309 e. The van der Waals surface area contributed by atoms with Gasteiger partial charge < -0.3 is 13.7 Å². The second kappa shape index (κ2) is 31.7. The molecule has 0 bridgehead atoms. The minimum atomic E-state index is 0.872. The molecule has 10 heteroatoms. The van der Waals surface area contributed by atoms with E-state index in [-0.39, 0.29) is 0 Å². The van der Waals surface area contributed by atoms with E-state index in [0.717, 1.165) is 155 Å². The Balaban J connectivity index is 0.000000104. The SMILES string of the molecule is c1ccc(-c2c3ccccc3nc3c2ccc2ccc(-c4ccc5c(c4)c4ccccc4n5-c4ccccc4)nc23)cc1.c1ccc(-c2c3ccccc3nc3c2ccc2ccc(-c4cccc(-n5c6ccccc6c6ccccc65)c4)nc23)cc1.c1ccc(-c2c3ccccc3nc3c2ccc2ccc(-n4c5ccccc5c5cc(-n6c7ccccc7c7ccccc76)ccc54)nc23)cc1. The molecule has 136 heavy (non-hydrogen) atoms. The maximum absolute atomic E-state index is 5.44. The molecule has 10 aromatic heterocycles. The summed E-state index contributed by atoms with van der Waals surface area (Å²) in [5, 5.41) is 19.9. The summed E-state index contributed by atoms with van der Waals surface area (Å²) in [6.45, 7) is 0. The summed E-state index contributed by atoms with van der Waals surface area (Å²) in [5.74, 6) is 0.872. The molecule has 10 nitrogen and oxygen atoms in total. The Morgan fingerprint density at radius 2 is 0.426 bits per heavy atom. The monoisotopic (exact) mass is 1730 g/mol. The fourth-order valence-electron chi connectivity index (χ4n) is 21.3. The largest absolute Gasteiger partial charge is 0.309 e. The fraction of sp³-hybridized carbons (Fsp3) is 0. The van der Waals surface area contributed by atoms with Crippen LogP contribution in [0.2, 0.25) is 0 Å². The molecule has 29 aromatic rings. The first-order valence-corrected chi connectivity index (χ1v) is 46.2. The van der Waals surface area contributed by atoms with Gasteiger partial charge in [-0.2, -0.15) is 0 Å². The Morgan fingerprint density at radius 3 is 0.853 bits per heavy atom. The Bertz CT molecular complexity index is 9850. The highest BCUT2D eigenvalue weighted by atomic mass is 15.1. The van der Waals surface area contributed by atoms with E-state index in [0.29, 0.717) is 0 Å². The number of pyridine rings is 6. The van der Waals surface area contributed by atoms with Gasteiger partial charge in [0.25, 0.3) is 0 Å². The van der Waals surface area contributed by atoms with Crippen molar-refractivity contribution in [3.63, 3.8) is 0 Å². The predicted molar refractivity (Wildman–Crippen MR) is 568 cm³/mol. The predicted octanol–water partition coefficient (Wildman–Crippen LogP) is 32.5. The molecule has 0 amide bonds. The number of nitrogens with zero attached hydrogens (tertiary/aromatic N) is 10. The van der Waals surface area contributed by atoms with Gasteiger partial charge in [0.05, 0.1) is 105 Å². The summed E-state index contributed by atoms with van der Waals surface area (Å²) < 4.78 is 9.38. The summed E-state index contributed by atoms with van der Waals surface area (Å²) in [5.41, 5.74) is 32.4. The highest BCUT2D eigenvalue weighted by Gasteiger charge is 2.24. The van der Waals surface area contributed by atoms with Gasteiger partial charge in [-0.15, -0.1) is 0 Å². The number of hydrogen-bond donors (Lipinski definition) is 0. The van der Waals surface area contributed by atoms with Crippen LogP contribution in [0, 0.1) is 0 Å². The molecular formula is C126H78N10. The minimum absolute atomic E-state index is 0.872. The van der Waals surface area contributed by atoms with Crippen LogP contribution in [0.15, 0.2) is 473 Å². The first-order chi connectivity index (χ1) is 67.5. The average Bonchev–Trinajstić information content (AvgIpc) is 1.20. The standard InChI is InChI=1S/C46H28N4.2C40H25N3/c1-2-12-29(13-3-1)44-35-17-4-8-18-38(35)47-46-36(44)25-22-30-23-27-43(48-45(30)46)50-41-21-11-7-16-34(41)37-28-31(24-26-42(37)50)49-39-19-9-5-14-32(39)33-15-6-10-20-40(33)49;1-3-11-26(12-4-1)38-31-16-7-9-17-35(31)42-40-32(38)22-19-27-20-23-34(41-39(27)40)28-21-24-37-33(25-28)30-15-8-10-18-36(30)43(37)29-13-5-2-6-14-29;1-2-11-26(12-3-1)38-32-17-4-7-18-35(32)42-40-33(38)23-21-27-22-24-34(41-39(27)40)28-13-10-14-29(25-28)43-36-19-8-5-15-30(36)31-16-6-9-20-37(31)43/h1-28H;2*1-25H. The van der Waals surface area contributed by atoms with Gasteiger partial charge >= 0.3 is 0 Å². The molecule has 10 heterocycles. The summed E-state index contributed by atoms with van der Waals surface area (Å²) in [6.07, 6.45) is 0. The van der Waals surface area contributed by atoms with E-state index in [1.165, 1.54) is 110 Å². The number of hydrogen-bond acceptors (Lipinski definition) is 6. The Labute approximate surface area is 780 Å². The van der Waals surface area contributed by atoms with Crippen molar-refractivity contribution in [3.8, 4) is 78.8 Å². The van der Waals surface area contributed by atoms with E-state index >= 15 is 0 Å². The summed E-state index contributed by atoms with van der Waals surface area (Å²) >= 11 is 0. The molecule has 0 radical (unpaired) electrons. The van der Waals surface area contributed by atoms with E-state index in [4.69, 9.17) is 29.9 Å². The molecule has 0 aliphatic heterocycles. The molecule has 0 atom stereocenters. The maximum atomic E-state index is 5.44. The molecular weight excluding hydrogens is 1650 g/mol. The van der Waals surface area contributed by atoms with Crippen molar-refractivity contribution in [1.82, 2.24) is 48.2 Å². The van der Waals surface area contributed by atoms with E-state index in [1.807, 2.05) is 0 Å². The summed E-state index contributed by atoms with van der Waals surface area (Å²) in [6, 6.07) is 168. The van der Waals surface area contributed by atoms with Gasteiger partial charge in [-0.1, -0.05) is 340 Å². The molecule has 632 valence electrons. The van der Waals surface area contributed by atoms with Crippen LogP contribution in [-0.4, -0.2) is 48.2 Å². The molecule has 0 aliphatic carbocycles. The fourth-order valence-corrected chi connectivity index (χ4v) is 21.3. The van der Waals surface area contributed by atoms with Crippen LogP contribution < -0.4 is 0 Å². The first kappa shape index (κ1) is 77.6. The molecule has 0 saturated carbocycles. The molecule has 0 spiro atoms. The summed E-state index contributed by atoms with van der Waals surface area (Å²) in [4.78, 5) is 31.7. The van der Waals surface area contributed by atoms with Crippen LogP contribution in [0.25, 0.3) is 264 Å². The van der Waals surface area contributed by atoms with Gasteiger partial charge in [0, 0.05) is 136 Å². The Morgan fingerprint density at radius 1 is 0.140 bits per heavy atom. The van der Waals surface area contributed by atoms with Gasteiger partial charge in [-0.05, 0) is 150 Å². The van der Waals surface area contributed by atoms with Crippen molar-refractivity contribution in [2.24, 2.45) is 0 Å². The van der Waals surface area contributed by atoms with Crippen LogP contribution in [0.4, 0.5) is 0 Å². The number of aromatic nitrogens is 10. The highest BCUT2D eigenvalue weighted by Crippen LogP contribution is 2.46. The topological polar surface area (TPSA) is 97.1 Å². The third kappa shape index (κ3) is 12.6. The van der Waals surface area contributed by atoms with Crippen molar-refractivity contribution in [2.45, 2.75) is 0 Å². The Kier molecular flexibility index (Phi) is 18.1. The van der Waals surface area contributed by atoms with E-state index in [9.17, 15) is 0 Å². The second-order valence-electron chi connectivity index (χ2n) is 35.0. The van der Waals surface area contributed by atoms with E-state index in [2.05, 4.69) is 491 Å². The van der Waals surface area contributed by atoms with Crippen molar-refractivity contribution in [1.29, 1.82) is 0 Å². The molecule has 0 N–H and O–H groups in total. The normalized spacial score (nSPS) is 11.8. The lowest BCUT2D eigenvalue weighted by molar-refractivity contribution is 1.10. The van der Waals surface area contributed by atoms with Gasteiger partial charge in [0.15, 0.2) is 0 Å². The van der Waals surface area contributed by atoms with Crippen molar-refractivity contribution in [2.75, 3.05) is 0 Å². The zero-order chi connectivity index (χ0) is 89.4. The zero-order valence-corrected chi connectivity index (χ0v) is 73.5. The molecule has 0 saturated heterocycles. The van der Waals surface area contributed by atoms with Crippen LogP contribution in [0.3, 0.4) is 0 Å². The van der Waals surface area contributed by atoms with E-state index < -0.39 is 0 Å². The van der Waals surface area contributed by atoms with Crippen molar-refractivity contribution in [3.05, 3.63) is 473 Å². The van der Waals surface area contributed by atoms with Crippen molar-refractivity contribution < 1.29 is 0 Å². The van der Waals surface area contributed by atoms with Gasteiger partial charge in [-0.3, -0.25) is 4.57 Å². The van der Waals surface area contributed by atoms with E-state index in [1.54, 1.807) is 0 Å². The van der Waals surface area contributed by atoms with Gasteiger partial charge in [0.2, 0.25) is 0 Å². The van der Waals surface area contributed by atoms with Gasteiger partial charge in [0.1, 0.15) is 5.82 Å². The van der Waals surface area contributed by atoms with Crippen LogP contribution in [0.5, 0.6) is 0 Å². The second-order valence-corrected chi connectivity index (χ2v) is 35.0. The Hall–Kier alpha value is -18.4. The smallest absolute Gasteiger partial charge is 0.138 e. The number of rotatable bonds is 9. The quantitative estimate of drug-likeness (QED) is 0.105. The lowest BCUT2D eigenvalue weighted by Crippen LogP contribution is -1.99. The lowest BCUT2D eigenvalue weighted by atomic mass is 9.95. The highest BCUT2D eigenvalue weighted by molar-refractivity contribution is 6.21. The molecule has 19 aromatic carbocycles. The first-order valence-electron chi connectivity index (χ1n) is 46.2. The van der Waals surface area contributed by atoms with Crippen molar-refractivity contribution >= 4 is 185 Å². The molecule has 0 aliphatic rings. The number of para-hydroxylation sites is 10. The molecule has 0 unspecified atom stereocenters. The summed E-state index contributed by atoms with van der Waals surface area (Å²) in [7, 11) is 0. The molecule has 29 rings (SSSR count). The third-order valence-corrected chi connectivity index (χ3v) is 27.4. The van der Waals surface area contributed by atoms with Crippen LogP contribution in [-0.2, 0) is 0 Å². The lowest BCUT2D eigenvalue weighted by Gasteiger charge is -2.14. The zero-order valence-electron chi connectivity index (χ0n) is 73.5. The maximum Gasteiger partial charge on any atom is 0.138 e. The third-order valence-electron chi connectivity index (χ3n) is 27.4. The average molecular weight is 1730 g/mol. The van der Waals surface area contributed by atoms with Gasteiger partial charge in [-0.25, -0.2) is 29.9 Å². The molecule has 0 fully saturated rings. The number of fused-ring (bicyclic) bond motifs is 24. The number of benzene rings is 19.